The first kappa shape index (κ1) is 16.2. The summed E-state index contributed by atoms with van der Waals surface area (Å²) in [5.41, 5.74) is 1.61. The highest BCUT2D eigenvalue weighted by Gasteiger charge is 2.19. The van der Waals surface area contributed by atoms with Crippen molar-refractivity contribution >= 4 is 28.9 Å². The zero-order chi connectivity index (χ0) is 16.1. The Balaban J connectivity index is 1.48. The minimum Gasteiger partial charge on any atom is -0.376 e. The van der Waals surface area contributed by atoms with E-state index >= 15 is 0 Å². The number of hydrogen-bond donors (Lipinski definition) is 2. The molecular formula is C17H23N3O2S. The van der Waals surface area contributed by atoms with Crippen LogP contribution in [0.5, 0.6) is 0 Å². The zero-order valence-corrected chi connectivity index (χ0v) is 14.0. The number of ether oxygens (including phenoxy) is 1. The predicted molar refractivity (Wildman–Crippen MR) is 94.8 cm³/mol. The highest BCUT2D eigenvalue weighted by atomic mass is 32.1. The summed E-state index contributed by atoms with van der Waals surface area (Å²) >= 11 is 5.29. The molecule has 0 bridgehead atoms. The molecule has 2 heterocycles. The standard InChI is InChI=1S/C17H23N3O2S/c21-16(20-9-1-2-10-20)13-5-7-14(8-6-13)19-17(23)18-12-15-4-3-11-22-15/h5-8,15H,1-4,9-12H2,(H2,18,19,23). The fraction of sp³-hybridized carbons (Fsp3) is 0.529. The molecule has 2 aliphatic heterocycles. The number of rotatable bonds is 4. The van der Waals surface area contributed by atoms with Gasteiger partial charge in [-0.3, -0.25) is 4.79 Å². The van der Waals surface area contributed by atoms with Gasteiger partial charge >= 0.3 is 0 Å². The van der Waals surface area contributed by atoms with E-state index in [4.69, 9.17) is 17.0 Å². The van der Waals surface area contributed by atoms with Crippen LogP contribution >= 0.6 is 12.2 Å². The van der Waals surface area contributed by atoms with Crippen molar-refractivity contribution in [1.29, 1.82) is 0 Å². The van der Waals surface area contributed by atoms with E-state index in [1.165, 1.54) is 0 Å². The van der Waals surface area contributed by atoms with Crippen LogP contribution in [0, 0.1) is 0 Å². The second-order valence-electron chi connectivity index (χ2n) is 6.05. The van der Waals surface area contributed by atoms with Crippen LogP contribution in [0.3, 0.4) is 0 Å². The minimum atomic E-state index is 0.119. The van der Waals surface area contributed by atoms with Gasteiger partial charge in [-0.05, 0) is 62.2 Å². The Morgan fingerprint density at radius 3 is 2.61 bits per heavy atom. The van der Waals surface area contributed by atoms with Gasteiger partial charge in [-0.15, -0.1) is 0 Å². The Morgan fingerprint density at radius 1 is 1.22 bits per heavy atom. The number of likely N-dealkylation sites (tertiary alicyclic amines) is 1. The zero-order valence-electron chi connectivity index (χ0n) is 13.2. The monoisotopic (exact) mass is 333 g/mol. The SMILES string of the molecule is O=C(c1ccc(NC(=S)NCC2CCCO2)cc1)N1CCCC1. The van der Waals surface area contributed by atoms with Gasteiger partial charge in [-0.25, -0.2) is 0 Å². The van der Waals surface area contributed by atoms with E-state index < -0.39 is 0 Å². The van der Waals surface area contributed by atoms with Crippen molar-refractivity contribution in [3.63, 3.8) is 0 Å². The first-order valence-electron chi connectivity index (χ1n) is 8.28. The van der Waals surface area contributed by atoms with Crippen molar-refractivity contribution < 1.29 is 9.53 Å². The number of amides is 1. The number of carbonyl (C=O) groups excluding carboxylic acids is 1. The second-order valence-corrected chi connectivity index (χ2v) is 6.45. The molecule has 2 fully saturated rings. The molecule has 2 N–H and O–H groups in total. The fourth-order valence-corrected chi connectivity index (χ4v) is 3.19. The number of anilines is 1. The molecule has 0 spiro atoms. The maximum Gasteiger partial charge on any atom is 0.253 e. The second kappa shape index (κ2) is 7.75. The lowest BCUT2D eigenvalue weighted by Crippen LogP contribution is -2.34. The maximum atomic E-state index is 12.3. The maximum absolute atomic E-state index is 12.3. The van der Waals surface area contributed by atoms with E-state index in [2.05, 4.69) is 10.6 Å². The van der Waals surface area contributed by atoms with Crippen molar-refractivity contribution in [2.45, 2.75) is 31.8 Å². The smallest absolute Gasteiger partial charge is 0.253 e. The lowest BCUT2D eigenvalue weighted by molar-refractivity contribution is 0.0793. The molecule has 1 aromatic carbocycles. The number of carbonyl (C=O) groups is 1. The van der Waals surface area contributed by atoms with Crippen LogP contribution in [0.2, 0.25) is 0 Å². The molecule has 0 aliphatic carbocycles. The summed E-state index contributed by atoms with van der Waals surface area (Å²) in [6.07, 6.45) is 4.68. The summed E-state index contributed by atoms with van der Waals surface area (Å²) in [7, 11) is 0. The van der Waals surface area contributed by atoms with Crippen LogP contribution < -0.4 is 10.6 Å². The van der Waals surface area contributed by atoms with E-state index in [1.54, 1.807) is 0 Å². The van der Waals surface area contributed by atoms with Gasteiger partial charge in [0.25, 0.3) is 5.91 Å². The first-order chi connectivity index (χ1) is 11.2. The third-order valence-electron chi connectivity index (χ3n) is 4.30. The van der Waals surface area contributed by atoms with Crippen LogP contribution in [-0.2, 0) is 4.74 Å². The van der Waals surface area contributed by atoms with Crippen LogP contribution in [0.1, 0.15) is 36.0 Å². The molecular weight excluding hydrogens is 310 g/mol. The normalized spacial score (nSPS) is 20.5. The molecule has 1 unspecified atom stereocenters. The molecule has 0 radical (unpaired) electrons. The molecule has 3 rings (SSSR count). The quantitative estimate of drug-likeness (QED) is 0.829. The van der Waals surface area contributed by atoms with E-state index in [-0.39, 0.29) is 12.0 Å². The van der Waals surface area contributed by atoms with Gasteiger partial charge in [-0.2, -0.15) is 0 Å². The van der Waals surface area contributed by atoms with Crippen molar-refractivity contribution in [1.82, 2.24) is 10.2 Å². The summed E-state index contributed by atoms with van der Waals surface area (Å²) in [5.74, 6) is 0.119. The molecule has 0 aromatic heterocycles. The molecule has 1 amide bonds. The van der Waals surface area contributed by atoms with Crippen molar-refractivity contribution in [2.24, 2.45) is 0 Å². The molecule has 1 atom stereocenters. The molecule has 5 nitrogen and oxygen atoms in total. The Hall–Kier alpha value is -1.66. The molecule has 124 valence electrons. The summed E-state index contributed by atoms with van der Waals surface area (Å²) in [6.45, 7) is 3.32. The number of benzene rings is 1. The van der Waals surface area contributed by atoms with Gasteiger partial charge in [0.15, 0.2) is 5.11 Å². The van der Waals surface area contributed by atoms with Gasteiger partial charge < -0.3 is 20.3 Å². The molecule has 1 aromatic rings. The van der Waals surface area contributed by atoms with Crippen molar-refractivity contribution in [3.8, 4) is 0 Å². The highest BCUT2D eigenvalue weighted by Crippen LogP contribution is 2.15. The van der Waals surface area contributed by atoms with Crippen LogP contribution in [0.4, 0.5) is 5.69 Å². The van der Waals surface area contributed by atoms with Crippen molar-refractivity contribution in [3.05, 3.63) is 29.8 Å². The Morgan fingerprint density at radius 2 is 1.96 bits per heavy atom. The number of nitrogens with zero attached hydrogens (tertiary/aromatic N) is 1. The van der Waals surface area contributed by atoms with Crippen LogP contribution in [0.15, 0.2) is 24.3 Å². The summed E-state index contributed by atoms with van der Waals surface area (Å²) in [4.78, 5) is 14.2. The lowest BCUT2D eigenvalue weighted by atomic mass is 10.2. The Bertz CT molecular complexity index is 549. The molecule has 23 heavy (non-hydrogen) atoms. The summed E-state index contributed by atoms with van der Waals surface area (Å²) in [5, 5.41) is 6.90. The number of thiocarbonyl (C=S) groups is 1. The van der Waals surface area contributed by atoms with E-state index in [0.717, 1.165) is 63.2 Å². The lowest BCUT2D eigenvalue weighted by Gasteiger charge is -2.16. The van der Waals surface area contributed by atoms with E-state index in [1.807, 2.05) is 29.2 Å². The average Bonchev–Trinajstić information content (AvgIpc) is 3.26. The van der Waals surface area contributed by atoms with Gasteiger partial charge in [0.05, 0.1) is 6.10 Å². The largest absolute Gasteiger partial charge is 0.376 e. The van der Waals surface area contributed by atoms with E-state index in [0.29, 0.717) is 5.11 Å². The average molecular weight is 333 g/mol. The Labute approximate surface area is 142 Å². The molecule has 2 saturated heterocycles. The summed E-state index contributed by atoms with van der Waals surface area (Å²) in [6, 6.07) is 7.49. The van der Waals surface area contributed by atoms with Crippen LogP contribution in [0.25, 0.3) is 0 Å². The van der Waals surface area contributed by atoms with Gasteiger partial charge in [0.1, 0.15) is 0 Å². The predicted octanol–water partition coefficient (Wildman–Crippen LogP) is 2.39. The van der Waals surface area contributed by atoms with Crippen molar-refractivity contribution in [2.75, 3.05) is 31.6 Å². The van der Waals surface area contributed by atoms with Gasteiger partial charge in [0, 0.05) is 37.5 Å². The molecule has 0 saturated carbocycles. The minimum absolute atomic E-state index is 0.119. The first-order valence-corrected chi connectivity index (χ1v) is 8.69. The summed E-state index contributed by atoms with van der Waals surface area (Å²) < 4.78 is 5.55. The third-order valence-corrected chi connectivity index (χ3v) is 4.54. The van der Waals surface area contributed by atoms with Gasteiger partial charge in [0.2, 0.25) is 0 Å². The molecule has 2 aliphatic rings. The number of nitrogens with one attached hydrogen (secondary N) is 2. The number of hydrogen-bond acceptors (Lipinski definition) is 3. The highest BCUT2D eigenvalue weighted by molar-refractivity contribution is 7.80. The topological polar surface area (TPSA) is 53.6 Å². The molecule has 6 heteroatoms. The van der Waals surface area contributed by atoms with Gasteiger partial charge in [-0.1, -0.05) is 0 Å². The third kappa shape index (κ3) is 4.42. The Kier molecular flexibility index (Phi) is 5.46. The van der Waals surface area contributed by atoms with E-state index in [9.17, 15) is 4.79 Å². The fourth-order valence-electron chi connectivity index (χ4n) is 2.99. The van der Waals surface area contributed by atoms with Crippen LogP contribution in [-0.4, -0.2) is 48.3 Å².